The molecule has 0 radical (unpaired) electrons. The zero-order chi connectivity index (χ0) is 18.0. The van der Waals surface area contributed by atoms with Crippen LogP contribution in [0.5, 0.6) is 5.75 Å². The lowest BCUT2D eigenvalue weighted by Crippen LogP contribution is -2.34. The molecule has 2 heterocycles. The van der Waals surface area contributed by atoms with Gasteiger partial charge in [0.15, 0.2) is 0 Å². The van der Waals surface area contributed by atoms with Crippen LogP contribution in [0.15, 0.2) is 29.1 Å². The lowest BCUT2D eigenvalue weighted by atomic mass is 10.0. The summed E-state index contributed by atoms with van der Waals surface area (Å²) in [6.07, 6.45) is 1.98. The number of likely N-dealkylation sites (tertiary alicyclic amines) is 1. The summed E-state index contributed by atoms with van der Waals surface area (Å²) < 4.78 is 5.20. The maximum absolute atomic E-state index is 12.8. The van der Waals surface area contributed by atoms with Crippen molar-refractivity contribution in [2.45, 2.75) is 39.2 Å². The molecule has 6 nitrogen and oxygen atoms in total. The third kappa shape index (κ3) is 3.57. The SMILES string of the molecule is COc1ccc([C@@H]2CCCN2C(=O)Cc2c(C)nc(C)[nH]c2=O)cc1. The topological polar surface area (TPSA) is 75.3 Å². The van der Waals surface area contributed by atoms with Crippen molar-refractivity contribution >= 4 is 5.91 Å². The molecule has 1 aliphatic heterocycles. The molecule has 0 bridgehead atoms. The van der Waals surface area contributed by atoms with Crippen LogP contribution >= 0.6 is 0 Å². The highest BCUT2D eigenvalue weighted by Crippen LogP contribution is 2.33. The molecule has 1 aromatic carbocycles. The van der Waals surface area contributed by atoms with Gasteiger partial charge in [-0.15, -0.1) is 0 Å². The predicted octanol–water partition coefficient (Wildman–Crippen LogP) is 2.30. The first-order chi connectivity index (χ1) is 12.0. The van der Waals surface area contributed by atoms with Crippen molar-refractivity contribution in [2.24, 2.45) is 0 Å². The van der Waals surface area contributed by atoms with Crippen molar-refractivity contribution in [3.05, 3.63) is 57.3 Å². The van der Waals surface area contributed by atoms with E-state index in [-0.39, 0.29) is 23.9 Å². The number of aromatic amines is 1. The van der Waals surface area contributed by atoms with E-state index in [9.17, 15) is 9.59 Å². The number of carbonyl (C=O) groups is 1. The van der Waals surface area contributed by atoms with Crippen LogP contribution < -0.4 is 10.3 Å². The third-order valence-corrected chi connectivity index (χ3v) is 4.74. The second-order valence-corrected chi connectivity index (χ2v) is 6.41. The Morgan fingerprint density at radius 3 is 2.68 bits per heavy atom. The number of carbonyl (C=O) groups excluding carboxylic acids is 1. The highest BCUT2D eigenvalue weighted by Gasteiger charge is 2.30. The van der Waals surface area contributed by atoms with Crippen LogP contribution in [0.3, 0.4) is 0 Å². The summed E-state index contributed by atoms with van der Waals surface area (Å²) in [7, 11) is 1.63. The molecule has 1 aliphatic rings. The van der Waals surface area contributed by atoms with Gasteiger partial charge in [0.2, 0.25) is 5.91 Å². The van der Waals surface area contributed by atoms with E-state index in [1.54, 1.807) is 21.0 Å². The Morgan fingerprint density at radius 2 is 2.04 bits per heavy atom. The number of aryl methyl sites for hydroxylation is 2. The van der Waals surface area contributed by atoms with Crippen molar-refractivity contribution in [2.75, 3.05) is 13.7 Å². The number of ether oxygens (including phenoxy) is 1. The number of amides is 1. The summed E-state index contributed by atoms with van der Waals surface area (Å²) >= 11 is 0. The maximum atomic E-state index is 12.8. The Hall–Kier alpha value is -2.63. The molecule has 1 atom stereocenters. The quantitative estimate of drug-likeness (QED) is 0.926. The molecular weight excluding hydrogens is 318 g/mol. The summed E-state index contributed by atoms with van der Waals surface area (Å²) in [6.45, 7) is 4.22. The Morgan fingerprint density at radius 1 is 1.32 bits per heavy atom. The number of hydrogen-bond donors (Lipinski definition) is 1. The summed E-state index contributed by atoms with van der Waals surface area (Å²) in [6, 6.07) is 7.88. The average Bonchev–Trinajstić information content (AvgIpc) is 3.07. The number of H-pyrrole nitrogens is 1. The van der Waals surface area contributed by atoms with Crippen molar-refractivity contribution in [3.63, 3.8) is 0 Å². The minimum atomic E-state index is -0.224. The number of aromatic nitrogens is 2. The largest absolute Gasteiger partial charge is 0.497 e. The minimum absolute atomic E-state index is 0.0300. The van der Waals surface area contributed by atoms with Gasteiger partial charge in [0.1, 0.15) is 11.6 Å². The predicted molar refractivity (Wildman–Crippen MR) is 94.7 cm³/mol. The molecule has 1 fully saturated rings. The van der Waals surface area contributed by atoms with Gasteiger partial charge in [-0.05, 0) is 44.4 Å². The molecule has 1 N–H and O–H groups in total. The molecular formula is C19H23N3O3. The van der Waals surface area contributed by atoms with E-state index in [1.165, 1.54) is 0 Å². The molecule has 1 saturated heterocycles. The number of methoxy groups -OCH3 is 1. The van der Waals surface area contributed by atoms with Crippen molar-refractivity contribution < 1.29 is 9.53 Å². The normalized spacial score (nSPS) is 16.9. The van der Waals surface area contributed by atoms with Crippen molar-refractivity contribution in [1.82, 2.24) is 14.9 Å². The summed E-state index contributed by atoms with van der Waals surface area (Å²) in [5.74, 6) is 1.33. The molecule has 1 aromatic heterocycles. The first-order valence-corrected chi connectivity index (χ1v) is 8.49. The zero-order valence-corrected chi connectivity index (χ0v) is 14.8. The van der Waals surface area contributed by atoms with E-state index in [2.05, 4.69) is 9.97 Å². The van der Waals surface area contributed by atoms with Gasteiger partial charge < -0.3 is 14.6 Å². The van der Waals surface area contributed by atoms with E-state index in [4.69, 9.17) is 4.74 Å². The summed E-state index contributed by atoms with van der Waals surface area (Å²) in [5.41, 5.74) is 1.95. The summed E-state index contributed by atoms with van der Waals surface area (Å²) in [4.78, 5) is 33.8. The zero-order valence-electron chi connectivity index (χ0n) is 14.8. The molecule has 0 spiro atoms. The van der Waals surface area contributed by atoms with Gasteiger partial charge in [-0.2, -0.15) is 0 Å². The second kappa shape index (κ2) is 7.09. The van der Waals surface area contributed by atoms with Crippen molar-refractivity contribution in [3.8, 4) is 5.75 Å². The maximum Gasteiger partial charge on any atom is 0.254 e. The monoisotopic (exact) mass is 341 g/mol. The first-order valence-electron chi connectivity index (χ1n) is 8.49. The molecule has 3 rings (SSSR count). The molecule has 25 heavy (non-hydrogen) atoms. The Balaban J connectivity index is 1.80. The minimum Gasteiger partial charge on any atom is -0.497 e. The first kappa shape index (κ1) is 17.2. The molecule has 2 aromatic rings. The molecule has 0 saturated carbocycles. The molecule has 0 aliphatic carbocycles. The fourth-order valence-corrected chi connectivity index (χ4v) is 3.45. The van der Waals surface area contributed by atoms with Crippen LogP contribution in [0.25, 0.3) is 0 Å². The van der Waals surface area contributed by atoms with Crippen LogP contribution in [0.4, 0.5) is 0 Å². The highest BCUT2D eigenvalue weighted by molar-refractivity contribution is 5.79. The fourth-order valence-electron chi connectivity index (χ4n) is 3.45. The number of rotatable bonds is 4. The molecule has 0 unspecified atom stereocenters. The van der Waals surface area contributed by atoms with Gasteiger partial charge in [0.05, 0.1) is 19.6 Å². The standard InChI is InChI=1S/C19H23N3O3/c1-12-16(19(24)21-13(2)20-12)11-18(23)22-10-4-5-17(22)14-6-8-15(25-3)9-7-14/h6-9,17H,4-5,10-11H2,1-3H3,(H,20,21,24)/t17-/m0/s1. The van der Waals surface area contributed by atoms with Crippen LogP contribution in [0.2, 0.25) is 0 Å². The fraction of sp³-hybridized carbons (Fsp3) is 0.421. The van der Waals surface area contributed by atoms with Gasteiger partial charge >= 0.3 is 0 Å². The van der Waals surface area contributed by atoms with Crippen molar-refractivity contribution in [1.29, 1.82) is 0 Å². The van der Waals surface area contributed by atoms with Gasteiger partial charge in [-0.1, -0.05) is 12.1 Å². The Labute approximate surface area is 146 Å². The van der Waals surface area contributed by atoms with Gasteiger partial charge in [-0.25, -0.2) is 4.98 Å². The number of nitrogens with one attached hydrogen (secondary N) is 1. The third-order valence-electron chi connectivity index (χ3n) is 4.74. The van der Waals surface area contributed by atoms with Gasteiger partial charge in [0, 0.05) is 17.8 Å². The molecule has 6 heteroatoms. The smallest absolute Gasteiger partial charge is 0.254 e. The number of nitrogens with zero attached hydrogens (tertiary/aromatic N) is 2. The molecule has 1 amide bonds. The number of hydrogen-bond acceptors (Lipinski definition) is 4. The van der Waals surface area contributed by atoms with Crippen LogP contribution in [0, 0.1) is 13.8 Å². The van der Waals surface area contributed by atoms with Crippen LogP contribution in [-0.4, -0.2) is 34.4 Å². The lowest BCUT2D eigenvalue weighted by molar-refractivity contribution is -0.131. The number of benzene rings is 1. The van der Waals surface area contributed by atoms with Gasteiger partial charge in [-0.3, -0.25) is 9.59 Å². The van der Waals surface area contributed by atoms with E-state index >= 15 is 0 Å². The van der Waals surface area contributed by atoms with Crippen LogP contribution in [-0.2, 0) is 11.2 Å². The van der Waals surface area contributed by atoms with Gasteiger partial charge in [0.25, 0.3) is 5.56 Å². The summed E-state index contributed by atoms with van der Waals surface area (Å²) in [5, 5.41) is 0. The van der Waals surface area contributed by atoms with Crippen LogP contribution in [0.1, 0.15) is 41.5 Å². The van der Waals surface area contributed by atoms with E-state index in [1.807, 2.05) is 29.2 Å². The Bertz CT molecular complexity index is 827. The average molecular weight is 341 g/mol. The van der Waals surface area contributed by atoms with E-state index < -0.39 is 0 Å². The lowest BCUT2D eigenvalue weighted by Gasteiger charge is -2.25. The highest BCUT2D eigenvalue weighted by atomic mass is 16.5. The Kier molecular flexibility index (Phi) is 4.88. The molecule has 132 valence electrons. The van der Waals surface area contributed by atoms with E-state index in [0.717, 1.165) is 24.2 Å². The second-order valence-electron chi connectivity index (χ2n) is 6.41. The van der Waals surface area contributed by atoms with E-state index in [0.29, 0.717) is 23.6 Å².